The Morgan fingerprint density at radius 3 is 2.52 bits per heavy atom. The van der Waals surface area contributed by atoms with Crippen molar-refractivity contribution >= 4 is 27.5 Å². The summed E-state index contributed by atoms with van der Waals surface area (Å²) in [6, 6.07) is 13.9. The molecule has 2 aromatic carbocycles. The van der Waals surface area contributed by atoms with Gasteiger partial charge in [0.15, 0.2) is 6.61 Å². The number of carbonyl (C=O) groups excluding carboxylic acids is 1. The molecule has 0 aromatic heterocycles. The first kappa shape index (κ1) is 21.6. The lowest BCUT2D eigenvalue weighted by Crippen LogP contribution is -2.43. The number of rotatable bonds is 7. The first-order valence-corrected chi connectivity index (χ1v) is 11.4. The number of nitrogens with one attached hydrogen (secondary N) is 1. The fraction of sp³-hybridized carbons (Fsp3) is 0.381. The van der Waals surface area contributed by atoms with E-state index >= 15 is 0 Å². The number of likely N-dealkylation sites (tertiary alicyclic amines) is 1. The van der Waals surface area contributed by atoms with Crippen molar-refractivity contribution in [2.45, 2.75) is 24.7 Å². The van der Waals surface area contributed by atoms with Crippen LogP contribution in [0.15, 0.2) is 53.4 Å². The third kappa shape index (κ3) is 5.95. The van der Waals surface area contributed by atoms with Crippen LogP contribution in [-0.2, 0) is 14.8 Å². The van der Waals surface area contributed by atoms with Gasteiger partial charge >= 0.3 is 0 Å². The van der Waals surface area contributed by atoms with Gasteiger partial charge in [0.2, 0.25) is 10.0 Å². The molecule has 1 N–H and O–H groups in total. The van der Waals surface area contributed by atoms with Gasteiger partial charge in [0, 0.05) is 24.7 Å². The van der Waals surface area contributed by atoms with Crippen molar-refractivity contribution in [3.05, 3.63) is 59.1 Å². The lowest BCUT2D eigenvalue weighted by molar-refractivity contribution is -0.134. The van der Waals surface area contributed by atoms with E-state index in [9.17, 15) is 13.2 Å². The summed E-state index contributed by atoms with van der Waals surface area (Å²) in [6.07, 6.45) is 1.49. The van der Waals surface area contributed by atoms with E-state index in [1.807, 2.05) is 37.3 Å². The summed E-state index contributed by atoms with van der Waals surface area (Å²) < 4.78 is 33.1. The fourth-order valence-electron chi connectivity index (χ4n) is 3.19. The third-order valence-electron chi connectivity index (χ3n) is 5.09. The number of hydrogen-bond acceptors (Lipinski definition) is 4. The highest BCUT2D eigenvalue weighted by atomic mass is 35.5. The van der Waals surface area contributed by atoms with E-state index in [2.05, 4.69) is 4.72 Å². The van der Waals surface area contributed by atoms with Crippen molar-refractivity contribution in [1.82, 2.24) is 9.62 Å². The molecule has 0 atom stereocenters. The number of piperidine rings is 1. The van der Waals surface area contributed by atoms with Gasteiger partial charge < -0.3 is 9.64 Å². The van der Waals surface area contributed by atoms with E-state index in [-0.39, 0.29) is 23.3 Å². The SMILES string of the molecule is Cc1ccc(S(=O)(=O)NCC2CCN(C(=O)COc3ccccc3)CC2)cc1Cl. The predicted molar refractivity (Wildman–Crippen MR) is 113 cm³/mol. The number of nitrogens with zero attached hydrogens (tertiary/aromatic N) is 1. The van der Waals surface area contributed by atoms with Gasteiger partial charge in [0.25, 0.3) is 5.91 Å². The molecule has 0 spiro atoms. The molecule has 1 fully saturated rings. The molecular weight excluding hydrogens is 412 g/mol. The molecular formula is C21H25ClN2O4S. The zero-order chi connectivity index (χ0) is 20.9. The highest BCUT2D eigenvalue weighted by Gasteiger charge is 2.25. The van der Waals surface area contributed by atoms with Gasteiger partial charge in [0.05, 0.1) is 4.90 Å². The molecule has 0 bridgehead atoms. The summed E-state index contributed by atoms with van der Waals surface area (Å²) in [6.45, 7) is 3.37. The maximum absolute atomic E-state index is 12.5. The Balaban J connectivity index is 1.44. The van der Waals surface area contributed by atoms with Crippen LogP contribution in [0.2, 0.25) is 5.02 Å². The summed E-state index contributed by atoms with van der Waals surface area (Å²) in [5, 5.41) is 0.428. The van der Waals surface area contributed by atoms with Crippen LogP contribution < -0.4 is 9.46 Å². The molecule has 0 aliphatic carbocycles. The van der Waals surface area contributed by atoms with Crippen molar-refractivity contribution < 1.29 is 17.9 Å². The van der Waals surface area contributed by atoms with Crippen molar-refractivity contribution in [1.29, 1.82) is 0 Å². The van der Waals surface area contributed by atoms with E-state index in [1.165, 1.54) is 6.07 Å². The predicted octanol–water partition coefficient (Wildman–Crippen LogP) is 3.24. The first-order chi connectivity index (χ1) is 13.8. The lowest BCUT2D eigenvalue weighted by atomic mass is 9.97. The first-order valence-electron chi connectivity index (χ1n) is 9.56. The van der Waals surface area contributed by atoms with E-state index in [4.69, 9.17) is 16.3 Å². The molecule has 1 amide bonds. The number of halogens is 1. The van der Waals surface area contributed by atoms with Crippen LogP contribution in [0.1, 0.15) is 18.4 Å². The Bertz CT molecular complexity index is 942. The molecule has 29 heavy (non-hydrogen) atoms. The number of carbonyl (C=O) groups is 1. The Labute approximate surface area is 176 Å². The second-order valence-electron chi connectivity index (χ2n) is 7.19. The van der Waals surface area contributed by atoms with Crippen LogP contribution in [-0.4, -0.2) is 45.5 Å². The highest BCUT2D eigenvalue weighted by molar-refractivity contribution is 7.89. The largest absolute Gasteiger partial charge is 0.484 e. The summed E-state index contributed by atoms with van der Waals surface area (Å²) in [4.78, 5) is 14.3. The van der Waals surface area contributed by atoms with Crippen molar-refractivity contribution in [3.63, 3.8) is 0 Å². The molecule has 1 aliphatic heterocycles. The topological polar surface area (TPSA) is 75.7 Å². The molecule has 0 saturated carbocycles. The summed E-state index contributed by atoms with van der Waals surface area (Å²) in [5.41, 5.74) is 0.832. The quantitative estimate of drug-likeness (QED) is 0.722. The van der Waals surface area contributed by atoms with Crippen LogP contribution >= 0.6 is 11.6 Å². The Morgan fingerprint density at radius 2 is 1.86 bits per heavy atom. The monoisotopic (exact) mass is 436 g/mol. The van der Waals surface area contributed by atoms with Crippen LogP contribution in [0.5, 0.6) is 5.75 Å². The number of aryl methyl sites for hydroxylation is 1. The Morgan fingerprint density at radius 1 is 1.17 bits per heavy atom. The number of benzene rings is 2. The van der Waals surface area contributed by atoms with E-state index in [1.54, 1.807) is 17.0 Å². The molecule has 1 heterocycles. The molecule has 3 rings (SSSR count). The number of para-hydroxylation sites is 1. The smallest absolute Gasteiger partial charge is 0.260 e. The minimum atomic E-state index is -3.60. The molecule has 156 valence electrons. The van der Waals surface area contributed by atoms with E-state index < -0.39 is 10.0 Å². The summed E-state index contributed by atoms with van der Waals surface area (Å²) in [5.74, 6) is 0.799. The second-order valence-corrected chi connectivity index (χ2v) is 9.36. The number of sulfonamides is 1. The van der Waals surface area contributed by atoms with Crippen LogP contribution in [0.4, 0.5) is 0 Å². The van der Waals surface area contributed by atoms with Crippen LogP contribution in [0.25, 0.3) is 0 Å². The second kappa shape index (κ2) is 9.61. The zero-order valence-corrected chi connectivity index (χ0v) is 17.9. The van der Waals surface area contributed by atoms with Crippen LogP contribution in [0.3, 0.4) is 0 Å². The molecule has 6 nitrogen and oxygen atoms in total. The molecule has 1 aliphatic rings. The van der Waals surface area contributed by atoms with Gasteiger partial charge in [-0.15, -0.1) is 0 Å². The fourth-order valence-corrected chi connectivity index (χ4v) is 4.58. The maximum atomic E-state index is 12.5. The average molecular weight is 437 g/mol. The maximum Gasteiger partial charge on any atom is 0.260 e. The third-order valence-corrected chi connectivity index (χ3v) is 6.92. The highest BCUT2D eigenvalue weighted by Crippen LogP contribution is 2.21. The number of ether oxygens (including phenoxy) is 1. The van der Waals surface area contributed by atoms with Gasteiger partial charge in [-0.3, -0.25) is 4.79 Å². The minimum Gasteiger partial charge on any atom is -0.484 e. The molecule has 2 aromatic rings. The Kier molecular flexibility index (Phi) is 7.16. The van der Waals surface area contributed by atoms with Gasteiger partial charge in [-0.1, -0.05) is 35.9 Å². The summed E-state index contributed by atoms with van der Waals surface area (Å²) >= 11 is 6.04. The zero-order valence-electron chi connectivity index (χ0n) is 16.3. The Hall–Kier alpha value is -2.09. The molecule has 1 saturated heterocycles. The molecule has 0 radical (unpaired) electrons. The number of hydrogen-bond donors (Lipinski definition) is 1. The average Bonchev–Trinajstić information content (AvgIpc) is 2.73. The standard InChI is InChI=1S/C21H25ClN2O4S/c1-16-7-8-19(13-20(16)22)29(26,27)23-14-17-9-11-24(12-10-17)21(25)15-28-18-5-3-2-4-6-18/h2-8,13,17,23H,9-12,14-15H2,1H3. The number of amides is 1. The normalized spacial score (nSPS) is 15.3. The minimum absolute atomic E-state index is 0.00942. The van der Waals surface area contributed by atoms with Crippen molar-refractivity contribution in [3.8, 4) is 5.75 Å². The molecule has 8 heteroatoms. The van der Waals surface area contributed by atoms with Gasteiger partial charge in [-0.2, -0.15) is 0 Å². The van der Waals surface area contributed by atoms with Crippen molar-refractivity contribution in [2.75, 3.05) is 26.2 Å². The van der Waals surface area contributed by atoms with Gasteiger partial charge in [0.1, 0.15) is 5.75 Å². The lowest BCUT2D eigenvalue weighted by Gasteiger charge is -2.32. The molecule has 0 unspecified atom stereocenters. The van der Waals surface area contributed by atoms with Gasteiger partial charge in [-0.05, 0) is 55.5 Å². The van der Waals surface area contributed by atoms with Crippen LogP contribution in [0, 0.1) is 12.8 Å². The van der Waals surface area contributed by atoms with E-state index in [0.717, 1.165) is 18.4 Å². The van der Waals surface area contributed by atoms with Gasteiger partial charge in [-0.25, -0.2) is 13.1 Å². The summed E-state index contributed by atoms with van der Waals surface area (Å²) in [7, 11) is -3.60. The van der Waals surface area contributed by atoms with E-state index in [0.29, 0.717) is 30.4 Å². The van der Waals surface area contributed by atoms with Crippen molar-refractivity contribution in [2.24, 2.45) is 5.92 Å².